The molecule has 3 nitrogen and oxygen atoms in total. The lowest BCUT2D eigenvalue weighted by molar-refractivity contribution is -0.131. The third-order valence-electron chi connectivity index (χ3n) is 3.76. The quantitative estimate of drug-likeness (QED) is 0.880. The Morgan fingerprint density at radius 2 is 2.10 bits per heavy atom. The molecule has 1 aromatic heterocycles. The van der Waals surface area contributed by atoms with Crippen molar-refractivity contribution in [2.24, 2.45) is 0 Å². The number of benzene rings is 1. The summed E-state index contributed by atoms with van der Waals surface area (Å²) in [6.45, 7) is 2.90. The van der Waals surface area contributed by atoms with Crippen LogP contribution < -0.4 is 0 Å². The molecule has 108 valence electrons. The van der Waals surface area contributed by atoms with Crippen molar-refractivity contribution in [3.63, 3.8) is 0 Å². The van der Waals surface area contributed by atoms with Crippen molar-refractivity contribution in [2.45, 2.75) is 19.5 Å². The highest BCUT2D eigenvalue weighted by molar-refractivity contribution is 7.10. The topological polar surface area (TPSA) is 40.5 Å². The van der Waals surface area contributed by atoms with Gasteiger partial charge in [0.2, 0.25) is 0 Å². The van der Waals surface area contributed by atoms with E-state index in [0.717, 1.165) is 31.6 Å². The molecule has 0 saturated carbocycles. The highest BCUT2D eigenvalue weighted by Gasteiger charge is 2.17. The van der Waals surface area contributed by atoms with Gasteiger partial charge in [-0.15, -0.1) is 11.3 Å². The minimum atomic E-state index is -0.904. The SMILES string of the molecule is O=C(O)C=Cc1ccsc1CN1CCc2ccccc2C1. The van der Waals surface area contributed by atoms with E-state index in [-0.39, 0.29) is 0 Å². The van der Waals surface area contributed by atoms with Crippen molar-refractivity contribution in [3.8, 4) is 0 Å². The van der Waals surface area contributed by atoms with Crippen LogP contribution in [0.25, 0.3) is 6.08 Å². The molecule has 0 saturated heterocycles. The first kappa shape index (κ1) is 14.0. The number of aliphatic carboxylic acids is 1. The van der Waals surface area contributed by atoms with Crippen molar-refractivity contribution >= 4 is 23.4 Å². The third-order valence-corrected chi connectivity index (χ3v) is 4.68. The molecule has 1 aliphatic heterocycles. The minimum absolute atomic E-state index is 0.880. The van der Waals surface area contributed by atoms with E-state index in [9.17, 15) is 4.79 Å². The molecule has 0 aliphatic carbocycles. The van der Waals surface area contributed by atoms with Gasteiger partial charge in [-0.25, -0.2) is 4.79 Å². The van der Waals surface area contributed by atoms with Crippen molar-refractivity contribution < 1.29 is 9.90 Å². The maximum Gasteiger partial charge on any atom is 0.328 e. The second kappa shape index (κ2) is 6.24. The molecule has 0 amide bonds. The van der Waals surface area contributed by atoms with Gasteiger partial charge in [-0.2, -0.15) is 0 Å². The molecule has 0 bridgehead atoms. The number of hydrogen-bond donors (Lipinski definition) is 1. The van der Waals surface area contributed by atoms with E-state index in [0.29, 0.717) is 0 Å². The Labute approximate surface area is 128 Å². The van der Waals surface area contributed by atoms with Crippen LogP contribution >= 0.6 is 11.3 Å². The van der Waals surface area contributed by atoms with Crippen molar-refractivity contribution in [1.29, 1.82) is 0 Å². The normalized spacial score (nSPS) is 15.2. The molecule has 2 heterocycles. The number of fused-ring (bicyclic) bond motifs is 1. The van der Waals surface area contributed by atoms with Crippen LogP contribution in [0.1, 0.15) is 21.6 Å². The predicted molar refractivity (Wildman–Crippen MR) is 85.2 cm³/mol. The number of thiophene rings is 1. The lowest BCUT2D eigenvalue weighted by Crippen LogP contribution is -2.29. The van der Waals surface area contributed by atoms with Gasteiger partial charge in [0, 0.05) is 30.6 Å². The average molecular weight is 299 g/mol. The van der Waals surface area contributed by atoms with Gasteiger partial charge in [0.15, 0.2) is 0 Å². The van der Waals surface area contributed by atoms with Gasteiger partial charge in [-0.05, 0) is 40.6 Å². The molecule has 1 N–H and O–H groups in total. The van der Waals surface area contributed by atoms with Crippen LogP contribution in [-0.2, 0) is 24.3 Å². The summed E-state index contributed by atoms with van der Waals surface area (Å²) in [5.41, 5.74) is 3.87. The van der Waals surface area contributed by atoms with Gasteiger partial charge in [0.25, 0.3) is 0 Å². The van der Waals surface area contributed by atoms with Crippen LogP contribution in [0.2, 0.25) is 0 Å². The summed E-state index contributed by atoms with van der Waals surface area (Å²) in [6, 6.07) is 10.6. The molecule has 1 aromatic carbocycles. The van der Waals surface area contributed by atoms with E-state index in [2.05, 4.69) is 29.2 Å². The number of carboxylic acid groups (broad SMARTS) is 1. The second-order valence-electron chi connectivity index (χ2n) is 5.20. The summed E-state index contributed by atoms with van der Waals surface area (Å²) in [6.07, 6.45) is 3.98. The van der Waals surface area contributed by atoms with Crippen molar-refractivity contribution in [3.05, 3.63) is 63.4 Å². The summed E-state index contributed by atoms with van der Waals surface area (Å²) in [7, 11) is 0. The number of nitrogens with zero attached hydrogens (tertiary/aromatic N) is 1. The standard InChI is InChI=1S/C17H17NO2S/c19-17(20)6-5-14-8-10-21-16(14)12-18-9-7-13-3-1-2-4-15(13)11-18/h1-6,8,10H,7,9,11-12H2,(H,19,20). The second-order valence-corrected chi connectivity index (χ2v) is 6.20. The van der Waals surface area contributed by atoms with Gasteiger partial charge in [-0.3, -0.25) is 4.90 Å². The minimum Gasteiger partial charge on any atom is -0.478 e. The molecule has 4 heteroatoms. The Kier molecular flexibility index (Phi) is 4.18. The van der Waals surface area contributed by atoms with E-state index >= 15 is 0 Å². The Morgan fingerprint density at radius 1 is 1.29 bits per heavy atom. The summed E-state index contributed by atoms with van der Waals surface area (Å²) in [5.74, 6) is -0.904. The lowest BCUT2D eigenvalue weighted by Gasteiger charge is -2.28. The van der Waals surface area contributed by atoms with Crippen molar-refractivity contribution in [1.82, 2.24) is 4.90 Å². The molecule has 2 aromatic rings. The third kappa shape index (κ3) is 3.40. The molecule has 0 unspecified atom stereocenters. The Morgan fingerprint density at radius 3 is 2.90 bits per heavy atom. The molecule has 3 rings (SSSR count). The number of carboxylic acids is 1. The van der Waals surface area contributed by atoms with Crippen LogP contribution in [0.5, 0.6) is 0 Å². The van der Waals surface area contributed by atoms with E-state index < -0.39 is 5.97 Å². The maximum absolute atomic E-state index is 10.6. The van der Waals surface area contributed by atoms with Crippen LogP contribution in [0.15, 0.2) is 41.8 Å². The highest BCUT2D eigenvalue weighted by Crippen LogP contribution is 2.24. The molecular weight excluding hydrogens is 282 g/mol. The smallest absolute Gasteiger partial charge is 0.328 e. The first-order chi connectivity index (χ1) is 10.2. The summed E-state index contributed by atoms with van der Waals surface area (Å²) >= 11 is 1.69. The molecule has 1 aliphatic rings. The van der Waals surface area contributed by atoms with Gasteiger partial charge in [-0.1, -0.05) is 24.3 Å². The zero-order chi connectivity index (χ0) is 14.7. The molecule has 0 radical (unpaired) electrons. The Bertz CT molecular complexity index is 675. The zero-order valence-electron chi connectivity index (χ0n) is 11.7. The summed E-state index contributed by atoms with van der Waals surface area (Å²) in [4.78, 5) is 14.3. The van der Waals surface area contributed by atoms with E-state index in [4.69, 9.17) is 5.11 Å². The van der Waals surface area contributed by atoms with Crippen molar-refractivity contribution in [2.75, 3.05) is 6.54 Å². The number of rotatable bonds is 4. The van der Waals surface area contributed by atoms with Gasteiger partial charge < -0.3 is 5.11 Å². The molecule has 0 atom stereocenters. The first-order valence-electron chi connectivity index (χ1n) is 6.99. The monoisotopic (exact) mass is 299 g/mol. The lowest BCUT2D eigenvalue weighted by atomic mass is 10.00. The number of carbonyl (C=O) groups is 1. The average Bonchev–Trinajstić information content (AvgIpc) is 2.92. The van der Waals surface area contributed by atoms with Gasteiger partial charge in [0.05, 0.1) is 0 Å². The van der Waals surface area contributed by atoms with E-state index in [1.807, 2.05) is 11.4 Å². The maximum atomic E-state index is 10.6. The van der Waals surface area contributed by atoms with Crippen LogP contribution in [-0.4, -0.2) is 22.5 Å². The zero-order valence-corrected chi connectivity index (χ0v) is 12.5. The fourth-order valence-electron chi connectivity index (χ4n) is 2.68. The van der Waals surface area contributed by atoms with Gasteiger partial charge >= 0.3 is 5.97 Å². The van der Waals surface area contributed by atoms with Crippen LogP contribution in [0, 0.1) is 0 Å². The Hall–Kier alpha value is -1.91. The van der Waals surface area contributed by atoms with E-state index in [1.54, 1.807) is 17.4 Å². The Balaban J connectivity index is 1.71. The molecule has 21 heavy (non-hydrogen) atoms. The fraction of sp³-hybridized carbons (Fsp3) is 0.235. The molecular formula is C17H17NO2S. The largest absolute Gasteiger partial charge is 0.478 e. The first-order valence-corrected chi connectivity index (χ1v) is 7.87. The number of hydrogen-bond acceptors (Lipinski definition) is 3. The highest BCUT2D eigenvalue weighted by atomic mass is 32.1. The summed E-state index contributed by atoms with van der Waals surface area (Å²) in [5, 5.41) is 10.8. The van der Waals surface area contributed by atoms with Gasteiger partial charge in [0.1, 0.15) is 0 Å². The summed E-state index contributed by atoms with van der Waals surface area (Å²) < 4.78 is 0. The molecule has 0 fully saturated rings. The fourth-order valence-corrected chi connectivity index (χ4v) is 3.59. The van der Waals surface area contributed by atoms with E-state index in [1.165, 1.54) is 22.1 Å². The van der Waals surface area contributed by atoms with Crippen LogP contribution in [0.3, 0.4) is 0 Å². The van der Waals surface area contributed by atoms with Crippen LogP contribution in [0.4, 0.5) is 0 Å². The predicted octanol–water partition coefficient (Wildman–Crippen LogP) is 3.40. The molecule has 0 spiro atoms.